The van der Waals surface area contributed by atoms with Crippen LogP contribution in [0.3, 0.4) is 0 Å². The number of alkyl carbamates (subject to hydrolysis) is 1. The van der Waals surface area contributed by atoms with Crippen LogP contribution in [-0.2, 0) is 4.74 Å². The Kier molecular flexibility index (Phi) is 4.49. The molecular formula is C14H26N2O2. The lowest BCUT2D eigenvalue weighted by molar-refractivity contribution is 0.0859. The topological polar surface area (TPSA) is 41.6 Å². The fraction of sp³-hybridized carbons (Fsp3) is 0.929. The predicted octanol–water partition coefficient (Wildman–Crippen LogP) is 2.24. The predicted molar refractivity (Wildman–Crippen MR) is 71.5 cm³/mol. The minimum absolute atomic E-state index is 0.244. The molecule has 2 fully saturated rings. The van der Waals surface area contributed by atoms with Gasteiger partial charge in [0.1, 0.15) is 0 Å². The lowest BCUT2D eigenvalue weighted by atomic mass is 9.93. The maximum atomic E-state index is 11.3. The van der Waals surface area contributed by atoms with Crippen molar-refractivity contribution >= 4 is 6.09 Å². The van der Waals surface area contributed by atoms with Gasteiger partial charge in [-0.2, -0.15) is 0 Å². The van der Waals surface area contributed by atoms with Crippen molar-refractivity contribution < 1.29 is 9.53 Å². The highest BCUT2D eigenvalue weighted by Gasteiger charge is 2.37. The fourth-order valence-corrected chi connectivity index (χ4v) is 3.36. The van der Waals surface area contributed by atoms with E-state index in [-0.39, 0.29) is 12.1 Å². The number of hydrogen-bond acceptors (Lipinski definition) is 3. The lowest BCUT2D eigenvalue weighted by Crippen LogP contribution is -2.53. The molecule has 1 aliphatic carbocycles. The van der Waals surface area contributed by atoms with Crippen molar-refractivity contribution in [2.24, 2.45) is 11.8 Å². The van der Waals surface area contributed by atoms with Crippen molar-refractivity contribution in [3.05, 3.63) is 0 Å². The van der Waals surface area contributed by atoms with Gasteiger partial charge >= 0.3 is 6.09 Å². The molecule has 104 valence electrons. The molecule has 0 aromatic heterocycles. The summed E-state index contributed by atoms with van der Waals surface area (Å²) in [5.41, 5.74) is 0. The number of nitrogens with one attached hydrogen (secondary N) is 1. The first-order valence-corrected chi connectivity index (χ1v) is 7.22. The first kappa shape index (κ1) is 13.7. The van der Waals surface area contributed by atoms with Crippen molar-refractivity contribution in [2.75, 3.05) is 20.2 Å². The normalized spacial score (nSPS) is 30.8. The molecule has 3 atom stereocenters. The van der Waals surface area contributed by atoms with Crippen molar-refractivity contribution in [3.63, 3.8) is 0 Å². The van der Waals surface area contributed by atoms with Crippen LogP contribution in [0.4, 0.5) is 4.79 Å². The second-order valence-electron chi connectivity index (χ2n) is 5.94. The van der Waals surface area contributed by atoms with Gasteiger partial charge in [-0.25, -0.2) is 4.79 Å². The van der Waals surface area contributed by atoms with Crippen molar-refractivity contribution in [1.29, 1.82) is 0 Å². The van der Waals surface area contributed by atoms with E-state index in [1.54, 1.807) is 0 Å². The minimum Gasteiger partial charge on any atom is -0.453 e. The molecule has 3 unspecified atom stereocenters. The summed E-state index contributed by atoms with van der Waals surface area (Å²) < 4.78 is 4.70. The molecule has 1 amide bonds. The molecule has 1 saturated carbocycles. The van der Waals surface area contributed by atoms with Crippen LogP contribution in [0.5, 0.6) is 0 Å². The smallest absolute Gasteiger partial charge is 0.407 e. The van der Waals surface area contributed by atoms with E-state index in [0.29, 0.717) is 5.92 Å². The zero-order chi connectivity index (χ0) is 13.1. The summed E-state index contributed by atoms with van der Waals surface area (Å²) in [6, 6.07) is 0.962. The summed E-state index contributed by atoms with van der Waals surface area (Å²) in [4.78, 5) is 13.9. The Morgan fingerprint density at radius 3 is 2.72 bits per heavy atom. The highest BCUT2D eigenvalue weighted by molar-refractivity contribution is 5.67. The highest BCUT2D eigenvalue weighted by Crippen LogP contribution is 2.38. The Hall–Kier alpha value is -0.770. The van der Waals surface area contributed by atoms with Crippen LogP contribution < -0.4 is 5.32 Å². The van der Waals surface area contributed by atoms with Crippen molar-refractivity contribution in [1.82, 2.24) is 10.2 Å². The number of ether oxygens (including phenoxy) is 1. The number of methoxy groups -OCH3 is 1. The minimum atomic E-state index is -0.298. The summed E-state index contributed by atoms with van der Waals surface area (Å²) in [7, 11) is 1.43. The largest absolute Gasteiger partial charge is 0.453 e. The number of carbonyl (C=O) groups is 1. The first-order valence-electron chi connectivity index (χ1n) is 7.22. The molecule has 1 saturated heterocycles. The maximum absolute atomic E-state index is 11.3. The monoisotopic (exact) mass is 254 g/mol. The van der Waals surface area contributed by atoms with Gasteiger partial charge in [-0.3, -0.25) is 4.90 Å². The summed E-state index contributed by atoms with van der Waals surface area (Å²) >= 11 is 0. The van der Waals surface area contributed by atoms with E-state index in [9.17, 15) is 4.79 Å². The Morgan fingerprint density at radius 2 is 2.17 bits per heavy atom. The third kappa shape index (κ3) is 3.37. The fourth-order valence-electron chi connectivity index (χ4n) is 3.36. The van der Waals surface area contributed by atoms with Crippen LogP contribution in [0.25, 0.3) is 0 Å². The number of hydrogen-bond donors (Lipinski definition) is 1. The van der Waals surface area contributed by atoms with Crippen molar-refractivity contribution in [2.45, 2.75) is 51.6 Å². The van der Waals surface area contributed by atoms with Crippen LogP contribution >= 0.6 is 0 Å². The van der Waals surface area contributed by atoms with Gasteiger partial charge in [0.05, 0.1) is 7.11 Å². The van der Waals surface area contributed by atoms with E-state index >= 15 is 0 Å². The van der Waals surface area contributed by atoms with E-state index in [4.69, 9.17) is 4.74 Å². The average Bonchev–Trinajstić information content (AvgIpc) is 3.13. The van der Waals surface area contributed by atoms with E-state index in [0.717, 1.165) is 24.9 Å². The number of piperidine rings is 1. The number of carbonyl (C=O) groups excluding carboxylic acids is 1. The standard InChI is InChI=1S/C14H26N2O2/c1-4-13(11-5-6-11)16-8-10(2)7-12(9-16)15-14(17)18-3/h10-13H,4-9H2,1-3H3,(H,15,17). The van der Waals surface area contributed by atoms with E-state index < -0.39 is 0 Å². The Balaban J connectivity index is 1.92. The van der Waals surface area contributed by atoms with Crippen LogP contribution in [0.2, 0.25) is 0 Å². The molecule has 4 nitrogen and oxygen atoms in total. The molecule has 2 aliphatic rings. The average molecular weight is 254 g/mol. The third-order valence-electron chi connectivity index (χ3n) is 4.25. The lowest BCUT2D eigenvalue weighted by Gasteiger charge is -2.41. The van der Waals surface area contributed by atoms with Gasteiger partial charge in [0.15, 0.2) is 0 Å². The summed E-state index contributed by atoms with van der Waals surface area (Å²) in [5.74, 6) is 1.55. The molecular weight excluding hydrogens is 228 g/mol. The van der Waals surface area contributed by atoms with Gasteiger partial charge in [-0.1, -0.05) is 13.8 Å². The second-order valence-corrected chi connectivity index (χ2v) is 5.94. The van der Waals surface area contributed by atoms with Crippen LogP contribution in [0.1, 0.15) is 39.5 Å². The number of nitrogens with zero attached hydrogens (tertiary/aromatic N) is 1. The number of amides is 1. The third-order valence-corrected chi connectivity index (χ3v) is 4.25. The van der Waals surface area contributed by atoms with Gasteiger partial charge in [-0.15, -0.1) is 0 Å². The summed E-state index contributed by atoms with van der Waals surface area (Å²) in [6.07, 6.45) is 4.76. The van der Waals surface area contributed by atoms with E-state index in [1.807, 2.05) is 0 Å². The molecule has 2 rings (SSSR count). The van der Waals surface area contributed by atoms with Crippen LogP contribution in [0.15, 0.2) is 0 Å². The van der Waals surface area contributed by atoms with E-state index in [1.165, 1.54) is 32.9 Å². The van der Waals surface area contributed by atoms with Crippen molar-refractivity contribution in [3.8, 4) is 0 Å². The zero-order valence-corrected chi connectivity index (χ0v) is 11.8. The Morgan fingerprint density at radius 1 is 1.44 bits per heavy atom. The number of rotatable bonds is 4. The molecule has 0 bridgehead atoms. The van der Waals surface area contributed by atoms with E-state index in [2.05, 4.69) is 24.1 Å². The number of likely N-dealkylation sites (tertiary alicyclic amines) is 1. The summed E-state index contributed by atoms with van der Waals surface area (Å²) in [5, 5.41) is 2.96. The van der Waals surface area contributed by atoms with Gasteiger partial charge in [0.2, 0.25) is 0 Å². The Bertz CT molecular complexity index is 292. The van der Waals surface area contributed by atoms with Gasteiger partial charge < -0.3 is 10.1 Å². The molecule has 0 aromatic rings. The zero-order valence-electron chi connectivity index (χ0n) is 11.8. The van der Waals surface area contributed by atoms with Gasteiger partial charge in [0.25, 0.3) is 0 Å². The highest BCUT2D eigenvalue weighted by atomic mass is 16.5. The quantitative estimate of drug-likeness (QED) is 0.836. The molecule has 0 aromatic carbocycles. The molecule has 1 aliphatic heterocycles. The SMILES string of the molecule is CCC(C1CC1)N1CC(C)CC(NC(=O)OC)C1. The molecule has 1 N–H and O–H groups in total. The molecule has 4 heteroatoms. The summed E-state index contributed by atoms with van der Waals surface area (Å²) in [6.45, 7) is 6.71. The molecule has 0 radical (unpaired) electrons. The Labute approximate surface area is 110 Å². The van der Waals surface area contributed by atoms with Gasteiger partial charge in [0, 0.05) is 25.2 Å². The second kappa shape index (κ2) is 5.91. The maximum Gasteiger partial charge on any atom is 0.407 e. The van der Waals surface area contributed by atoms with Crippen LogP contribution in [-0.4, -0.2) is 43.3 Å². The molecule has 0 spiro atoms. The molecule has 1 heterocycles. The first-order chi connectivity index (χ1) is 8.63. The van der Waals surface area contributed by atoms with Crippen LogP contribution in [0, 0.1) is 11.8 Å². The van der Waals surface area contributed by atoms with Gasteiger partial charge in [-0.05, 0) is 37.5 Å². The molecule has 18 heavy (non-hydrogen) atoms.